The average Bonchev–Trinajstić information content (AvgIpc) is 3.23. The molecule has 1 aliphatic carbocycles. The highest BCUT2D eigenvalue weighted by Crippen LogP contribution is 2.37. The van der Waals surface area contributed by atoms with E-state index < -0.39 is 0 Å². The van der Waals surface area contributed by atoms with Crippen LogP contribution in [0, 0.1) is 17.8 Å². The minimum Gasteiger partial charge on any atom is -0.493 e. The SMILES string of the molecule is CC#CC(=O)NC1CCC(CCN2CCC(c3cccc4c3CCO4)CC2)CC1. The van der Waals surface area contributed by atoms with Crippen molar-refractivity contribution in [3.05, 3.63) is 29.3 Å². The molecule has 29 heavy (non-hydrogen) atoms. The summed E-state index contributed by atoms with van der Waals surface area (Å²) in [4.78, 5) is 14.3. The van der Waals surface area contributed by atoms with Gasteiger partial charge in [-0.15, -0.1) is 0 Å². The van der Waals surface area contributed by atoms with Gasteiger partial charge >= 0.3 is 0 Å². The first kappa shape index (κ1) is 20.3. The Labute approximate surface area is 175 Å². The molecular weight excluding hydrogens is 360 g/mol. The molecule has 4 rings (SSSR count). The van der Waals surface area contributed by atoms with Gasteiger partial charge < -0.3 is 15.0 Å². The molecule has 156 valence electrons. The van der Waals surface area contributed by atoms with Crippen LogP contribution in [0.1, 0.15) is 68.9 Å². The second-order valence-corrected chi connectivity index (χ2v) is 8.89. The molecule has 0 aromatic heterocycles. The zero-order valence-corrected chi connectivity index (χ0v) is 17.7. The van der Waals surface area contributed by atoms with Crippen LogP contribution < -0.4 is 10.1 Å². The first-order valence-electron chi connectivity index (χ1n) is 11.4. The van der Waals surface area contributed by atoms with Gasteiger partial charge in [0.25, 0.3) is 5.91 Å². The molecule has 1 N–H and O–H groups in total. The van der Waals surface area contributed by atoms with E-state index in [4.69, 9.17) is 4.74 Å². The minimum atomic E-state index is -0.116. The number of ether oxygens (including phenoxy) is 1. The highest BCUT2D eigenvalue weighted by atomic mass is 16.5. The standard InChI is InChI=1S/C25H34N2O2/c1-2-4-25(28)26-21-9-7-19(8-10-21)11-15-27-16-12-20(13-17-27)22-5-3-6-24-23(22)14-18-29-24/h3,5-6,19-21H,7-18H2,1H3,(H,26,28). The minimum absolute atomic E-state index is 0.116. The molecule has 0 unspecified atom stereocenters. The van der Waals surface area contributed by atoms with Crippen molar-refractivity contribution in [2.75, 3.05) is 26.2 Å². The Morgan fingerprint density at radius 3 is 2.72 bits per heavy atom. The van der Waals surface area contributed by atoms with Crippen LogP contribution in [0.15, 0.2) is 18.2 Å². The Bertz CT molecular complexity index is 763. The summed E-state index contributed by atoms with van der Waals surface area (Å²) in [5, 5.41) is 3.05. The van der Waals surface area contributed by atoms with E-state index in [1.165, 1.54) is 57.3 Å². The average molecular weight is 395 g/mol. The predicted octanol–water partition coefficient (Wildman–Crippen LogP) is 3.89. The Hall–Kier alpha value is -1.99. The summed E-state index contributed by atoms with van der Waals surface area (Å²) in [6.07, 6.45) is 9.60. The number of hydrogen-bond acceptors (Lipinski definition) is 3. The van der Waals surface area contributed by atoms with Gasteiger partial charge in [0.05, 0.1) is 6.61 Å². The van der Waals surface area contributed by atoms with Gasteiger partial charge in [0.2, 0.25) is 0 Å². The quantitative estimate of drug-likeness (QED) is 0.771. The topological polar surface area (TPSA) is 41.6 Å². The van der Waals surface area contributed by atoms with Crippen molar-refractivity contribution in [2.24, 2.45) is 5.92 Å². The second-order valence-electron chi connectivity index (χ2n) is 8.89. The number of carbonyl (C=O) groups is 1. The van der Waals surface area contributed by atoms with E-state index in [0.717, 1.165) is 37.5 Å². The number of carbonyl (C=O) groups excluding carboxylic acids is 1. The van der Waals surface area contributed by atoms with E-state index in [0.29, 0.717) is 12.0 Å². The van der Waals surface area contributed by atoms with Crippen LogP contribution in [0.5, 0.6) is 5.75 Å². The van der Waals surface area contributed by atoms with Crippen LogP contribution in [0.3, 0.4) is 0 Å². The third-order valence-corrected chi connectivity index (χ3v) is 7.08. The molecule has 0 radical (unpaired) electrons. The fourth-order valence-corrected chi connectivity index (χ4v) is 5.39. The summed E-state index contributed by atoms with van der Waals surface area (Å²) in [5.74, 6) is 7.78. The van der Waals surface area contributed by atoms with Gasteiger partial charge in [-0.25, -0.2) is 0 Å². The molecule has 1 saturated carbocycles. The van der Waals surface area contributed by atoms with E-state index in [9.17, 15) is 4.79 Å². The Morgan fingerprint density at radius 1 is 1.17 bits per heavy atom. The molecule has 2 heterocycles. The lowest BCUT2D eigenvalue weighted by molar-refractivity contribution is -0.116. The summed E-state index contributed by atoms with van der Waals surface area (Å²) in [7, 11) is 0. The molecular formula is C25H34N2O2. The van der Waals surface area contributed by atoms with Crippen LogP contribution in [0.25, 0.3) is 0 Å². The Balaban J connectivity index is 1.17. The summed E-state index contributed by atoms with van der Waals surface area (Å²) in [6.45, 7) is 6.22. The molecule has 0 spiro atoms. The third-order valence-electron chi connectivity index (χ3n) is 7.08. The summed E-state index contributed by atoms with van der Waals surface area (Å²) in [5.41, 5.74) is 3.02. The predicted molar refractivity (Wildman–Crippen MR) is 116 cm³/mol. The molecule has 4 heteroatoms. The van der Waals surface area contributed by atoms with E-state index in [2.05, 4.69) is 40.3 Å². The highest BCUT2D eigenvalue weighted by molar-refractivity contribution is 5.93. The van der Waals surface area contributed by atoms with Gasteiger partial charge in [-0.05, 0) is 101 Å². The number of fused-ring (bicyclic) bond motifs is 1. The van der Waals surface area contributed by atoms with Crippen LogP contribution in [-0.4, -0.2) is 43.1 Å². The molecule has 3 aliphatic rings. The van der Waals surface area contributed by atoms with E-state index >= 15 is 0 Å². The first-order valence-corrected chi connectivity index (χ1v) is 11.4. The van der Waals surface area contributed by atoms with Crippen molar-refractivity contribution in [1.29, 1.82) is 0 Å². The zero-order chi connectivity index (χ0) is 20.1. The smallest absolute Gasteiger partial charge is 0.296 e. The number of amides is 1. The van der Waals surface area contributed by atoms with Gasteiger partial charge in [-0.3, -0.25) is 4.79 Å². The van der Waals surface area contributed by atoms with Crippen LogP contribution >= 0.6 is 0 Å². The summed E-state index contributed by atoms with van der Waals surface area (Å²) in [6, 6.07) is 6.95. The number of nitrogens with zero attached hydrogens (tertiary/aromatic N) is 1. The van der Waals surface area contributed by atoms with Gasteiger partial charge in [0.1, 0.15) is 5.75 Å². The fraction of sp³-hybridized carbons (Fsp3) is 0.640. The Morgan fingerprint density at radius 2 is 1.97 bits per heavy atom. The van der Waals surface area contributed by atoms with Crippen molar-refractivity contribution >= 4 is 5.91 Å². The number of hydrogen-bond donors (Lipinski definition) is 1. The van der Waals surface area contributed by atoms with Crippen molar-refractivity contribution in [3.8, 4) is 17.6 Å². The largest absolute Gasteiger partial charge is 0.493 e. The van der Waals surface area contributed by atoms with Gasteiger partial charge in [0.15, 0.2) is 0 Å². The summed E-state index contributed by atoms with van der Waals surface area (Å²) < 4.78 is 5.76. The highest BCUT2D eigenvalue weighted by Gasteiger charge is 2.27. The van der Waals surface area contributed by atoms with E-state index in [1.54, 1.807) is 12.5 Å². The number of nitrogens with one attached hydrogen (secondary N) is 1. The lowest BCUT2D eigenvalue weighted by Gasteiger charge is -2.35. The maximum absolute atomic E-state index is 11.6. The normalized spacial score (nSPS) is 24.9. The molecule has 2 fully saturated rings. The lowest BCUT2D eigenvalue weighted by atomic mass is 9.83. The van der Waals surface area contributed by atoms with Crippen molar-refractivity contribution in [3.63, 3.8) is 0 Å². The van der Waals surface area contributed by atoms with Gasteiger partial charge in [-0.2, -0.15) is 0 Å². The number of likely N-dealkylation sites (tertiary alicyclic amines) is 1. The maximum atomic E-state index is 11.6. The Kier molecular flexibility index (Phi) is 6.77. The molecule has 1 saturated heterocycles. The monoisotopic (exact) mass is 394 g/mol. The summed E-state index contributed by atoms with van der Waals surface area (Å²) >= 11 is 0. The zero-order valence-electron chi connectivity index (χ0n) is 17.7. The maximum Gasteiger partial charge on any atom is 0.296 e. The van der Waals surface area contributed by atoms with Gasteiger partial charge in [-0.1, -0.05) is 18.1 Å². The number of benzene rings is 1. The van der Waals surface area contributed by atoms with E-state index in [-0.39, 0.29) is 5.91 Å². The van der Waals surface area contributed by atoms with Crippen LogP contribution in [0.2, 0.25) is 0 Å². The molecule has 0 bridgehead atoms. The van der Waals surface area contributed by atoms with Crippen LogP contribution in [0.4, 0.5) is 0 Å². The molecule has 1 amide bonds. The molecule has 0 atom stereocenters. The van der Waals surface area contributed by atoms with Crippen molar-refractivity contribution < 1.29 is 9.53 Å². The number of piperidine rings is 1. The second kappa shape index (κ2) is 9.67. The molecule has 2 aliphatic heterocycles. The molecule has 1 aromatic carbocycles. The van der Waals surface area contributed by atoms with E-state index in [1.807, 2.05) is 0 Å². The van der Waals surface area contributed by atoms with Crippen molar-refractivity contribution in [2.45, 2.75) is 70.3 Å². The molecule has 1 aromatic rings. The first-order chi connectivity index (χ1) is 14.2. The lowest BCUT2D eigenvalue weighted by Crippen LogP contribution is -2.38. The van der Waals surface area contributed by atoms with Gasteiger partial charge in [0, 0.05) is 18.0 Å². The third kappa shape index (κ3) is 5.14. The van der Waals surface area contributed by atoms with Crippen LogP contribution in [-0.2, 0) is 11.2 Å². The fourth-order valence-electron chi connectivity index (χ4n) is 5.39. The molecule has 4 nitrogen and oxygen atoms in total. The van der Waals surface area contributed by atoms with Crippen molar-refractivity contribution in [1.82, 2.24) is 10.2 Å². The number of rotatable bonds is 5.